The normalized spacial score (nSPS) is 17.9. The molecule has 3 aromatic heterocycles. The van der Waals surface area contributed by atoms with E-state index in [0.29, 0.717) is 6.04 Å². The molecule has 0 radical (unpaired) electrons. The molecule has 6 nitrogen and oxygen atoms in total. The smallest absolute Gasteiger partial charge is 0.150 e. The van der Waals surface area contributed by atoms with Gasteiger partial charge in [-0.05, 0) is 17.9 Å². The lowest BCUT2D eigenvalue weighted by Gasteiger charge is -2.24. The number of hydrogen-bond acceptors (Lipinski definition) is 6. The Morgan fingerprint density at radius 3 is 3.29 bits per heavy atom. The third-order valence-corrected chi connectivity index (χ3v) is 4.64. The first-order valence-corrected chi connectivity index (χ1v) is 8.09. The van der Waals surface area contributed by atoms with Crippen LogP contribution in [0.25, 0.3) is 10.2 Å². The third-order valence-electron chi connectivity index (χ3n) is 3.82. The summed E-state index contributed by atoms with van der Waals surface area (Å²) in [6.07, 6.45) is 4.53. The highest BCUT2D eigenvalue weighted by atomic mass is 32.1. The van der Waals surface area contributed by atoms with E-state index < -0.39 is 0 Å². The SMILES string of the molecule is CCc1nc2n(n1)C[C@@H](Nc1ncnc3sccc13)CC2. The Morgan fingerprint density at radius 1 is 1.43 bits per heavy atom. The van der Waals surface area contributed by atoms with Crippen molar-refractivity contribution in [1.82, 2.24) is 24.7 Å². The van der Waals surface area contributed by atoms with Crippen molar-refractivity contribution >= 4 is 27.4 Å². The van der Waals surface area contributed by atoms with Crippen molar-refractivity contribution < 1.29 is 0 Å². The predicted octanol–water partition coefficient (Wildman–Crippen LogP) is 2.27. The van der Waals surface area contributed by atoms with Crippen LogP contribution in [0.2, 0.25) is 0 Å². The molecule has 1 aliphatic rings. The van der Waals surface area contributed by atoms with E-state index >= 15 is 0 Å². The minimum absolute atomic E-state index is 0.335. The maximum absolute atomic E-state index is 4.55. The van der Waals surface area contributed by atoms with Crippen LogP contribution in [-0.2, 0) is 19.4 Å². The molecule has 0 bridgehead atoms. The van der Waals surface area contributed by atoms with Crippen molar-refractivity contribution in [3.05, 3.63) is 29.4 Å². The highest BCUT2D eigenvalue weighted by Gasteiger charge is 2.22. The van der Waals surface area contributed by atoms with E-state index in [1.54, 1.807) is 17.7 Å². The van der Waals surface area contributed by atoms with Gasteiger partial charge in [0.1, 0.15) is 22.8 Å². The van der Waals surface area contributed by atoms with Gasteiger partial charge in [-0.15, -0.1) is 11.3 Å². The van der Waals surface area contributed by atoms with Crippen molar-refractivity contribution in [1.29, 1.82) is 0 Å². The zero-order chi connectivity index (χ0) is 14.2. The topological polar surface area (TPSA) is 68.5 Å². The number of thiophene rings is 1. The third kappa shape index (κ3) is 2.27. The summed E-state index contributed by atoms with van der Waals surface area (Å²) < 4.78 is 2.03. The van der Waals surface area contributed by atoms with Crippen molar-refractivity contribution in [3.63, 3.8) is 0 Å². The van der Waals surface area contributed by atoms with Gasteiger partial charge in [0.15, 0.2) is 5.82 Å². The van der Waals surface area contributed by atoms with Gasteiger partial charge in [0.2, 0.25) is 0 Å². The largest absolute Gasteiger partial charge is 0.365 e. The van der Waals surface area contributed by atoms with Crippen LogP contribution in [0.4, 0.5) is 5.82 Å². The lowest BCUT2D eigenvalue weighted by molar-refractivity contribution is 0.440. The fourth-order valence-corrected chi connectivity index (χ4v) is 3.46. The summed E-state index contributed by atoms with van der Waals surface area (Å²) in [5.74, 6) is 2.96. The first-order valence-electron chi connectivity index (χ1n) is 7.21. The highest BCUT2D eigenvalue weighted by Crippen LogP contribution is 2.25. The number of rotatable bonds is 3. The Kier molecular flexibility index (Phi) is 3.07. The van der Waals surface area contributed by atoms with E-state index in [1.807, 2.05) is 4.68 Å². The van der Waals surface area contributed by atoms with Gasteiger partial charge >= 0.3 is 0 Å². The molecule has 0 saturated carbocycles. The lowest BCUT2D eigenvalue weighted by Crippen LogP contribution is -2.32. The zero-order valence-electron chi connectivity index (χ0n) is 11.8. The van der Waals surface area contributed by atoms with Gasteiger partial charge in [0.05, 0.1) is 11.9 Å². The molecule has 21 heavy (non-hydrogen) atoms. The molecule has 3 aromatic rings. The molecule has 0 spiro atoms. The molecule has 4 rings (SSSR count). The van der Waals surface area contributed by atoms with Gasteiger partial charge in [-0.2, -0.15) is 5.10 Å². The quantitative estimate of drug-likeness (QED) is 0.803. The molecule has 0 aromatic carbocycles. The summed E-state index contributed by atoms with van der Waals surface area (Å²) in [5, 5.41) is 11.2. The monoisotopic (exact) mass is 300 g/mol. The van der Waals surface area contributed by atoms with Crippen LogP contribution in [0, 0.1) is 0 Å². The van der Waals surface area contributed by atoms with Crippen LogP contribution in [0.3, 0.4) is 0 Å². The van der Waals surface area contributed by atoms with E-state index in [1.165, 1.54) is 0 Å². The maximum atomic E-state index is 4.55. The Balaban J connectivity index is 1.57. The van der Waals surface area contributed by atoms with E-state index in [-0.39, 0.29) is 0 Å². The van der Waals surface area contributed by atoms with E-state index in [2.05, 4.69) is 43.7 Å². The Hall–Kier alpha value is -2.02. The molecule has 0 amide bonds. The summed E-state index contributed by atoms with van der Waals surface area (Å²) in [6.45, 7) is 2.93. The van der Waals surface area contributed by atoms with E-state index in [9.17, 15) is 0 Å². The van der Waals surface area contributed by atoms with Crippen LogP contribution in [0.15, 0.2) is 17.8 Å². The van der Waals surface area contributed by atoms with Crippen LogP contribution >= 0.6 is 11.3 Å². The van der Waals surface area contributed by atoms with Gasteiger partial charge in [-0.25, -0.2) is 19.6 Å². The predicted molar refractivity (Wildman–Crippen MR) is 82.5 cm³/mol. The first kappa shape index (κ1) is 12.7. The van der Waals surface area contributed by atoms with Gasteiger partial charge < -0.3 is 5.32 Å². The van der Waals surface area contributed by atoms with E-state index in [4.69, 9.17) is 0 Å². The van der Waals surface area contributed by atoms with Crippen molar-refractivity contribution in [3.8, 4) is 0 Å². The minimum atomic E-state index is 0.335. The van der Waals surface area contributed by atoms with Crippen LogP contribution in [-0.4, -0.2) is 30.8 Å². The van der Waals surface area contributed by atoms with Gasteiger partial charge in [-0.1, -0.05) is 6.92 Å². The maximum Gasteiger partial charge on any atom is 0.150 e. The van der Waals surface area contributed by atoms with Gasteiger partial charge in [0.25, 0.3) is 0 Å². The molecule has 108 valence electrons. The second-order valence-corrected chi connectivity index (χ2v) is 6.12. The summed E-state index contributed by atoms with van der Waals surface area (Å²) in [4.78, 5) is 14.3. The molecule has 7 heteroatoms. The summed E-state index contributed by atoms with van der Waals surface area (Å²) in [5.41, 5.74) is 0. The van der Waals surface area contributed by atoms with Crippen LogP contribution in [0.1, 0.15) is 25.0 Å². The van der Waals surface area contributed by atoms with Gasteiger partial charge in [0, 0.05) is 18.9 Å². The minimum Gasteiger partial charge on any atom is -0.365 e. The van der Waals surface area contributed by atoms with Crippen molar-refractivity contribution in [2.75, 3.05) is 5.32 Å². The average Bonchev–Trinajstić information content (AvgIpc) is 3.13. The van der Waals surface area contributed by atoms with Crippen molar-refractivity contribution in [2.24, 2.45) is 0 Å². The molecule has 1 N–H and O–H groups in total. The molecule has 0 aliphatic carbocycles. The molecule has 0 unspecified atom stereocenters. The molecular formula is C14H16N6S. The summed E-state index contributed by atoms with van der Waals surface area (Å²) in [7, 11) is 0. The first-order chi connectivity index (χ1) is 10.3. The number of aryl methyl sites for hydroxylation is 2. The number of nitrogens with one attached hydrogen (secondary N) is 1. The van der Waals surface area contributed by atoms with Gasteiger partial charge in [-0.3, -0.25) is 0 Å². The number of hydrogen-bond donors (Lipinski definition) is 1. The molecule has 4 heterocycles. The number of aromatic nitrogens is 5. The number of fused-ring (bicyclic) bond motifs is 2. The summed E-state index contributed by atoms with van der Waals surface area (Å²) in [6, 6.07) is 2.41. The Morgan fingerprint density at radius 2 is 2.38 bits per heavy atom. The fourth-order valence-electron chi connectivity index (χ4n) is 2.73. The molecule has 0 fully saturated rings. The fraction of sp³-hybridized carbons (Fsp3) is 0.429. The second-order valence-electron chi connectivity index (χ2n) is 5.22. The molecule has 1 atom stereocenters. The summed E-state index contributed by atoms with van der Waals surface area (Å²) >= 11 is 1.64. The average molecular weight is 300 g/mol. The number of nitrogens with zero attached hydrogens (tertiary/aromatic N) is 5. The Bertz CT molecular complexity index is 777. The molecular weight excluding hydrogens is 284 g/mol. The molecule has 0 saturated heterocycles. The second kappa shape index (κ2) is 5.07. The Labute approximate surface area is 126 Å². The zero-order valence-corrected chi connectivity index (χ0v) is 12.6. The van der Waals surface area contributed by atoms with E-state index in [0.717, 1.165) is 53.5 Å². The molecule has 1 aliphatic heterocycles. The highest BCUT2D eigenvalue weighted by molar-refractivity contribution is 7.16. The van der Waals surface area contributed by atoms with Crippen molar-refractivity contribution in [2.45, 2.75) is 38.8 Å². The van der Waals surface area contributed by atoms with Crippen LogP contribution in [0.5, 0.6) is 0 Å². The number of anilines is 1. The lowest BCUT2D eigenvalue weighted by atomic mass is 10.1. The van der Waals surface area contributed by atoms with Crippen LogP contribution < -0.4 is 5.32 Å². The standard InChI is InChI=1S/C14H16N6S/c1-2-11-18-12-4-3-9(7-20(12)19-11)17-13-10-5-6-21-14(10)16-8-15-13/h5-6,8-9H,2-4,7H2,1H3,(H,15,16,17)/t9-/m0/s1.